The van der Waals surface area contributed by atoms with Gasteiger partial charge in [0.25, 0.3) is 0 Å². The third-order valence-electron chi connectivity index (χ3n) is 5.95. The molecule has 4 heteroatoms. The van der Waals surface area contributed by atoms with Gasteiger partial charge in [-0.05, 0) is 70.5 Å². The van der Waals surface area contributed by atoms with E-state index in [-0.39, 0.29) is 10.8 Å². The standard InChI is InChI=1S/C27H28F3N/c1-25(2,3)18-9-13-23-21(15-18)22-16-19(26(4,5)6)10-14-24(22)31(23)20-11-7-17(8-12-20)27(28,29)30/h7-16H,1-6H3. The summed E-state index contributed by atoms with van der Waals surface area (Å²) in [5.41, 5.74) is 4.53. The highest BCUT2D eigenvalue weighted by molar-refractivity contribution is 6.09. The number of hydrogen-bond donors (Lipinski definition) is 0. The molecule has 0 bridgehead atoms. The van der Waals surface area contributed by atoms with Crippen molar-refractivity contribution in [3.8, 4) is 5.69 Å². The number of nitrogens with zero attached hydrogens (tertiary/aromatic N) is 1. The summed E-state index contributed by atoms with van der Waals surface area (Å²) in [5.74, 6) is 0. The summed E-state index contributed by atoms with van der Waals surface area (Å²) < 4.78 is 41.3. The predicted octanol–water partition coefficient (Wildman–Crippen LogP) is 8.40. The van der Waals surface area contributed by atoms with Crippen molar-refractivity contribution in [3.63, 3.8) is 0 Å². The van der Waals surface area contributed by atoms with E-state index in [0.717, 1.165) is 39.6 Å². The largest absolute Gasteiger partial charge is 0.416 e. The molecule has 1 nitrogen and oxygen atoms in total. The number of benzene rings is 3. The van der Waals surface area contributed by atoms with Crippen molar-refractivity contribution in [2.75, 3.05) is 0 Å². The van der Waals surface area contributed by atoms with E-state index >= 15 is 0 Å². The molecule has 0 fully saturated rings. The van der Waals surface area contributed by atoms with Crippen molar-refractivity contribution in [2.24, 2.45) is 0 Å². The normalized spacial score (nSPS) is 13.3. The van der Waals surface area contributed by atoms with Crippen LogP contribution in [0.2, 0.25) is 0 Å². The molecule has 0 aliphatic carbocycles. The van der Waals surface area contributed by atoms with Crippen molar-refractivity contribution in [1.82, 2.24) is 4.57 Å². The highest BCUT2D eigenvalue weighted by Crippen LogP contribution is 2.38. The highest BCUT2D eigenvalue weighted by atomic mass is 19.4. The molecule has 0 unspecified atom stereocenters. The second-order valence-corrected chi connectivity index (χ2v) is 10.3. The van der Waals surface area contributed by atoms with Crippen LogP contribution in [0, 0.1) is 0 Å². The average molecular weight is 424 g/mol. The molecule has 0 spiro atoms. The quantitative estimate of drug-likeness (QED) is 0.290. The van der Waals surface area contributed by atoms with Crippen LogP contribution in [0.4, 0.5) is 13.2 Å². The minimum absolute atomic E-state index is 0.00138. The lowest BCUT2D eigenvalue weighted by Gasteiger charge is -2.19. The Morgan fingerprint density at radius 2 is 0.935 bits per heavy atom. The molecular weight excluding hydrogens is 395 g/mol. The molecule has 0 aliphatic heterocycles. The van der Waals surface area contributed by atoms with Crippen LogP contribution < -0.4 is 0 Å². The van der Waals surface area contributed by atoms with Gasteiger partial charge in [-0.25, -0.2) is 0 Å². The Morgan fingerprint density at radius 3 is 1.29 bits per heavy atom. The van der Waals surface area contributed by atoms with Crippen LogP contribution in [-0.4, -0.2) is 4.57 Å². The highest BCUT2D eigenvalue weighted by Gasteiger charge is 2.30. The molecule has 0 N–H and O–H groups in total. The molecule has 1 aromatic heterocycles. The maximum atomic E-state index is 13.1. The lowest BCUT2D eigenvalue weighted by atomic mass is 9.85. The van der Waals surface area contributed by atoms with Gasteiger partial charge >= 0.3 is 6.18 Å². The Hall–Kier alpha value is -2.75. The van der Waals surface area contributed by atoms with Crippen LogP contribution in [0.1, 0.15) is 58.2 Å². The van der Waals surface area contributed by atoms with Crippen molar-refractivity contribution in [3.05, 3.63) is 77.4 Å². The summed E-state index contributed by atoms with van der Waals surface area (Å²) in [7, 11) is 0. The van der Waals surface area contributed by atoms with Gasteiger partial charge in [-0.2, -0.15) is 13.2 Å². The van der Waals surface area contributed by atoms with Gasteiger partial charge in [0, 0.05) is 16.5 Å². The van der Waals surface area contributed by atoms with E-state index in [0.29, 0.717) is 0 Å². The molecule has 0 aliphatic rings. The maximum absolute atomic E-state index is 13.1. The summed E-state index contributed by atoms with van der Waals surface area (Å²) in [6.45, 7) is 13.1. The van der Waals surface area contributed by atoms with Crippen LogP contribution in [0.15, 0.2) is 60.7 Å². The first kappa shape index (κ1) is 21.5. The second kappa shape index (κ2) is 6.88. The third kappa shape index (κ3) is 3.84. The van der Waals surface area contributed by atoms with Gasteiger partial charge in [0.05, 0.1) is 16.6 Å². The topological polar surface area (TPSA) is 4.93 Å². The van der Waals surface area contributed by atoms with Gasteiger partial charge in [0.1, 0.15) is 0 Å². The summed E-state index contributed by atoms with van der Waals surface area (Å²) in [6, 6.07) is 18.3. The third-order valence-corrected chi connectivity index (χ3v) is 5.95. The summed E-state index contributed by atoms with van der Waals surface area (Å²) in [5, 5.41) is 2.24. The zero-order valence-corrected chi connectivity index (χ0v) is 18.9. The van der Waals surface area contributed by atoms with E-state index in [1.54, 1.807) is 12.1 Å². The zero-order chi connectivity index (χ0) is 22.8. The minimum Gasteiger partial charge on any atom is -0.309 e. The van der Waals surface area contributed by atoms with Crippen LogP contribution in [0.25, 0.3) is 27.5 Å². The smallest absolute Gasteiger partial charge is 0.309 e. The maximum Gasteiger partial charge on any atom is 0.416 e. The van der Waals surface area contributed by atoms with E-state index in [4.69, 9.17) is 0 Å². The molecular formula is C27H28F3N. The van der Waals surface area contributed by atoms with Crippen LogP contribution in [0.5, 0.6) is 0 Å². The molecule has 3 aromatic carbocycles. The minimum atomic E-state index is -4.34. The summed E-state index contributed by atoms with van der Waals surface area (Å²) in [6.07, 6.45) is -4.34. The van der Waals surface area contributed by atoms with Crippen molar-refractivity contribution in [1.29, 1.82) is 0 Å². The van der Waals surface area contributed by atoms with Crippen molar-refractivity contribution >= 4 is 21.8 Å². The molecule has 31 heavy (non-hydrogen) atoms. The second-order valence-electron chi connectivity index (χ2n) is 10.3. The van der Waals surface area contributed by atoms with Crippen LogP contribution in [-0.2, 0) is 17.0 Å². The van der Waals surface area contributed by atoms with E-state index in [1.165, 1.54) is 11.1 Å². The number of hydrogen-bond acceptors (Lipinski definition) is 0. The monoisotopic (exact) mass is 423 g/mol. The Bertz CT molecular complexity index is 1190. The van der Waals surface area contributed by atoms with Crippen molar-refractivity contribution in [2.45, 2.75) is 58.5 Å². The average Bonchev–Trinajstić information content (AvgIpc) is 2.99. The Kier molecular flexibility index (Phi) is 4.77. The number of halogens is 3. The Morgan fingerprint density at radius 1 is 0.548 bits per heavy atom. The van der Waals surface area contributed by atoms with Crippen LogP contribution in [0.3, 0.4) is 0 Å². The number of fused-ring (bicyclic) bond motifs is 3. The Labute approximate surface area is 181 Å². The van der Waals surface area contributed by atoms with Gasteiger partial charge in [-0.15, -0.1) is 0 Å². The molecule has 0 saturated carbocycles. The van der Waals surface area contributed by atoms with E-state index < -0.39 is 11.7 Å². The lowest BCUT2D eigenvalue weighted by Crippen LogP contribution is -2.10. The Balaban J connectivity index is 2.04. The van der Waals surface area contributed by atoms with Crippen LogP contribution >= 0.6 is 0 Å². The molecule has 4 rings (SSSR count). The van der Waals surface area contributed by atoms with Crippen molar-refractivity contribution < 1.29 is 13.2 Å². The number of alkyl halides is 3. The van der Waals surface area contributed by atoms with E-state index in [2.05, 4.69) is 82.5 Å². The fourth-order valence-electron chi connectivity index (χ4n) is 4.03. The van der Waals surface area contributed by atoms with E-state index in [9.17, 15) is 13.2 Å². The molecule has 0 radical (unpaired) electrons. The van der Waals surface area contributed by atoms with Gasteiger partial charge in [0.2, 0.25) is 0 Å². The van der Waals surface area contributed by atoms with Gasteiger partial charge in [-0.1, -0.05) is 53.7 Å². The van der Waals surface area contributed by atoms with Gasteiger partial charge < -0.3 is 4.57 Å². The number of rotatable bonds is 1. The fourth-order valence-corrected chi connectivity index (χ4v) is 4.03. The first-order valence-corrected chi connectivity index (χ1v) is 10.5. The molecule has 0 saturated heterocycles. The van der Waals surface area contributed by atoms with E-state index in [1.807, 2.05) is 0 Å². The first-order chi connectivity index (χ1) is 14.3. The molecule has 4 aromatic rings. The first-order valence-electron chi connectivity index (χ1n) is 10.5. The SMILES string of the molecule is CC(C)(C)c1ccc2c(c1)c1cc(C(C)(C)C)ccc1n2-c1ccc(C(F)(F)F)cc1. The molecule has 0 amide bonds. The summed E-state index contributed by atoms with van der Waals surface area (Å²) in [4.78, 5) is 0. The fraction of sp³-hybridized carbons (Fsp3) is 0.333. The van der Waals surface area contributed by atoms with Gasteiger partial charge in [-0.3, -0.25) is 0 Å². The zero-order valence-electron chi connectivity index (χ0n) is 18.9. The lowest BCUT2D eigenvalue weighted by molar-refractivity contribution is -0.137. The summed E-state index contributed by atoms with van der Waals surface area (Å²) >= 11 is 0. The molecule has 1 heterocycles. The number of aromatic nitrogens is 1. The predicted molar refractivity (Wildman–Crippen MR) is 123 cm³/mol. The van der Waals surface area contributed by atoms with Gasteiger partial charge in [0.15, 0.2) is 0 Å². The molecule has 0 atom stereocenters. The molecule has 162 valence electrons.